The summed E-state index contributed by atoms with van der Waals surface area (Å²) in [4.78, 5) is 43.6. The minimum atomic E-state index is -1.19. The van der Waals surface area contributed by atoms with E-state index in [1.165, 1.54) is 24.3 Å². The van der Waals surface area contributed by atoms with Crippen LogP contribution in [0.1, 0.15) is 44.7 Å². The smallest absolute Gasteiger partial charge is 0.245 e. The van der Waals surface area contributed by atoms with Crippen molar-refractivity contribution >= 4 is 17.7 Å². The van der Waals surface area contributed by atoms with Crippen LogP contribution in [0.25, 0.3) is 0 Å². The van der Waals surface area contributed by atoms with Crippen molar-refractivity contribution in [3.8, 4) is 0 Å². The average Bonchev–Trinajstić information content (AvgIpc) is 2.92. The van der Waals surface area contributed by atoms with Crippen molar-refractivity contribution in [2.24, 2.45) is 5.73 Å². The Balaban J connectivity index is 1.83. The third-order valence-corrected chi connectivity index (χ3v) is 7.29. The third-order valence-electron chi connectivity index (χ3n) is 7.29. The molecule has 1 heterocycles. The number of halogens is 2. The van der Waals surface area contributed by atoms with Crippen LogP contribution in [0, 0.1) is 11.6 Å². The standard InChI is InChI=1S/C30H41F2N5O3/c1-5-6-24-19-36(26(27(38)34-4)18-21-9-13-23(32)14-10-21)15-16-37(24)28(39)25(35-29(40)30(2,3)33)17-20-7-11-22(31)12-8-20/h7-14,24-26H,5-6,15-19,33H2,1-4H3,(H,34,38)(H,35,40). The summed E-state index contributed by atoms with van der Waals surface area (Å²) in [6.45, 7) is 6.46. The summed E-state index contributed by atoms with van der Waals surface area (Å²) in [7, 11) is 1.59. The Morgan fingerprint density at radius 2 is 1.52 bits per heavy atom. The van der Waals surface area contributed by atoms with Crippen LogP contribution in [0.5, 0.6) is 0 Å². The summed E-state index contributed by atoms with van der Waals surface area (Å²) in [5.41, 5.74) is 6.36. The first-order valence-electron chi connectivity index (χ1n) is 13.8. The van der Waals surface area contributed by atoms with E-state index in [4.69, 9.17) is 5.73 Å². The second-order valence-electron chi connectivity index (χ2n) is 11.0. The molecule has 8 nitrogen and oxygen atoms in total. The molecule has 3 unspecified atom stereocenters. The Kier molecular flexibility index (Phi) is 10.8. The molecule has 1 aliphatic heterocycles. The fourth-order valence-corrected chi connectivity index (χ4v) is 5.03. The molecule has 0 spiro atoms. The lowest BCUT2D eigenvalue weighted by Gasteiger charge is -2.45. The minimum absolute atomic E-state index is 0.147. The Bertz CT molecular complexity index is 1150. The molecule has 3 amide bonds. The Morgan fingerprint density at radius 3 is 2.02 bits per heavy atom. The summed E-state index contributed by atoms with van der Waals surface area (Å²) < 4.78 is 27.0. The van der Waals surface area contributed by atoms with Gasteiger partial charge in [0.15, 0.2) is 0 Å². The number of benzene rings is 2. The van der Waals surface area contributed by atoms with Crippen LogP contribution >= 0.6 is 0 Å². The van der Waals surface area contributed by atoms with E-state index < -0.39 is 23.5 Å². The van der Waals surface area contributed by atoms with E-state index in [2.05, 4.69) is 15.5 Å². The van der Waals surface area contributed by atoms with Gasteiger partial charge in [0, 0.05) is 39.1 Å². The molecule has 0 aliphatic carbocycles. The van der Waals surface area contributed by atoms with E-state index in [1.54, 1.807) is 50.1 Å². The molecule has 218 valence electrons. The van der Waals surface area contributed by atoms with Crippen LogP contribution in [0.2, 0.25) is 0 Å². The SMILES string of the molecule is CCCC1CN(C(Cc2ccc(F)cc2)C(=O)NC)CCN1C(=O)C(Cc1ccc(F)cc1)NC(=O)C(C)(C)N. The summed E-state index contributed by atoms with van der Waals surface area (Å²) in [5.74, 6) is -1.57. The predicted octanol–water partition coefficient (Wildman–Crippen LogP) is 2.40. The lowest BCUT2D eigenvalue weighted by molar-refractivity contribution is -0.143. The molecule has 40 heavy (non-hydrogen) atoms. The zero-order valence-electron chi connectivity index (χ0n) is 23.8. The van der Waals surface area contributed by atoms with Gasteiger partial charge in [-0.1, -0.05) is 37.6 Å². The highest BCUT2D eigenvalue weighted by molar-refractivity contribution is 5.92. The van der Waals surface area contributed by atoms with Crippen LogP contribution in [-0.4, -0.2) is 77.9 Å². The first kappa shape index (κ1) is 31.2. The predicted molar refractivity (Wildman–Crippen MR) is 150 cm³/mol. The van der Waals surface area contributed by atoms with Gasteiger partial charge in [0.25, 0.3) is 0 Å². The summed E-state index contributed by atoms with van der Waals surface area (Å²) in [6, 6.07) is 10.4. The highest BCUT2D eigenvalue weighted by Crippen LogP contribution is 2.21. The van der Waals surface area contributed by atoms with Gasteiger partial charge in [0.2, 0.25) is 17.7 Å². The van der Waals surface area contributed by atoms with E-state index in [0.717, 1.165) is 12.0 Å². The molecule has 0 aromatic heterocycles. The molecule has 1 aliphatic rings. The Labute approximate surface area is 235 Å². The molecule has 0 saturated carbocycles. The fourth-order valence-electron chi connectivity index (χ4n) is 5.03. The monoisotopic (exact) mass is 557 g/mol. The second kappa shape index (κ2) is 13.8. The quantitative estimate of drug-likeness (QED) is 0.393. The van der Waals surface area contributed by atoms with Gasteiger partial charge in [-0.05, 0) is 62.1 Å². The van der Waals surface area contributed by atoms with Gasteiger partial charge in [-0.25, -0.2) is 8.78 Å². The largest absolute Gasteiger partial charge is 0.358 e. The van der Waals surface area contributed by atoms with Crippen LogP contribution in [-0.2, 0) is 27.2 Å². The summed E-state index contributed by atoms with van der Waals surface area (Å²) >= 11 is 0. The summed E-state index contributed by atoms with van der Waals surface area (Å²) in [5, 5.41) is 5.56. The number of amides is 3. The fraction of sp³-hybridized carbons (Fsp3) is 0.500. The number of hydrogen-bond donors (Lipinski definition) is 3. The van der Waals surface area contributed by atoms with E-state index >= 15 is 0 Å². The number of rotatable bonds is 11. The van der Waals surface area contributed by atoms with Crippen LogP contribution in [0.3, 0.4) is 0 Å². The van der Waals surface area contributed by atoms with E-state index in [1.807, 2.05) is 6.92 Å². The van der Waals surface area contributed by atoms with Crippen molar-refractivity contribution in [1.82, 2.24) is 20.4 Å². The molecule has 10 heteroatoms. The lowest BCUT2D eigenvalue weighted by atomic mass is 9.97. The number of piperazine rings is 1. The zero-order valence-corrected chi connectivity index (χ0v) is 23.8. The molecule has 1 fully saturated rings. The molecular weight excluding hydrogens is 516 g/mol. The van der Waals surface area contributed by atoms with Crippen molar-refractivity contribution in [2.75, 3.05) is 26.7 Å². The van der Waals surface area contributed by atoms with Gasteiger partial charge < -0.3 is 21.3 Å². The van der Waals surface area contributed by atoms with Gasteiger partial charge in [0.1, 0.15) is 17.7 Å². The van der Waals surface area contributed by atoms with E-state index in [9.17, 15) is 23.2 Å². The van der Waals surface area contributed by atoms with Crippen molar-refractivity contribution in [3.63, 3.8) is 0 Å². The highest BCUT2D eigenvalue weighted by Gasteiger charge is 2.38. The van der Waals surface area contributed by atoms with Gasteiger partial charge in [0.05, 0.1) is 11.6 Å². The van der Waals surface area contributed by atoms with Gasteiger partial charge >= 0.3 is 0 Å². The van der Waals surface area contributed by atoms with E-state index in [0.29, 0.717) is 38.0 Å². The number of carbonyl (C=O) groups excluding carboxylic acids is 3. The maximum atomic E-state index is 14.0. The number of carbonyl (C=O) groups is 3. The molecular formula is C30H41F2N5O3. The molecule has 2 aromatic carbocycles. The number of nitrogens with zero attached hydrogens (tertiary/aromatic N) is 2. The normalized spacial score (nSPS) is 17.7. The van der Waals surface area contributed by atoms with Crippen LogP contribution in [0.15, 0.2) is 48.5 Å². The number of nitrogens with two attached hydrogens (primary N) is 1. The Hall–Kier alpha value is -3.37. The molecule has 0 radical (unpaired) electrons. The maximum absolute atomic E-state index is 14.0. The summed E-state index contributed by atoms with van der Waals surface area (Å²) in [6.07, 6.45) is 2.11. The third kappa shape index (κ3) is 8.32. The topological polar surface area (TPSA) is 108 Å². The minimum Gasteiger partial charge on any atom is -0.358 e. The number of likely N-dealkylation sites (N-methyl/N-ethyl adjacent to an activating group) is 1. The van der Waals surface area contributed by atoms with Crippen molar-refractivity contribution < 1.29 is 23.2 Å². The van der Waals surface area contributed by atoms with Crippen LogP contribution in [0.4, 0.5) is 8.78 Å². The van der Waals surface area contributed by atoms with Gasteiger partial charge in [-0.2, -0.15) is 0 Å². The number of nitrogens with one attached hydrogen (secondary N) is 2. The number of hydrogen-bond acceptors (Lipinski definition) is 5. The molecule has 4 N–H and O–H groups in total. The van der Waals surface area contributed by atoms with Gasteiger partial charge in [-0.3, -0.25) is 19.3 Å². The first-order valence-corrected chi connectivity index (χ1v) is 13.8. The van der Waals surface area contributed by atoms with Crippen molar-refractivity contribution in [1.29, 1.82) is 0 Å². The molecule has 1 saturated heterocycles. The first-order chi connectivity index (χ1) is 18.9. The maximum Gasteiger partial charge on any atom is 0.245 e. The zero-order chi connectivity index (χ0) is 29.4. The molecule has 3 atom stereocenters. The lowest BCUT2D eigenvalue weighted by Crippen LogP contribution is -2.64. The second-order valence-corrected chi connectivity index (χ2v) is 11.0. The van der Waals surface area contributed by atoms with Crippen molar-refractivity contribution in [3.05, 3.63) is 71.3 Å². The van der Waals surface area contributed by atoms with Crippen molar-refractivity contribution in [2.45, 2.75) is 70.1 Å². The highest BCUT2D eigenvalue weighted by atomic mass is 19.1. The molecule has 0 bridgehead atoms. The van der Waals surface area contributed by atoms with Gasteiger partial charge in [-0.15, -0.1) is 0 Å². The Morgan fingerprint density at radius 1 is 0.975 bits per heavy atom. The van der Waals surface area contributed by atoms with Crippen LogP contribution < -0.4 is 16.4 Å². The molecule has 3 rings (SSSR count). The van der Waals surface area contributed by atoms with E-state index in [-0.39, 0.29) is 35.9 Å². The molecule has 2 aromatic rings. The average molecular weight is 558 g/mol.